The Hall–Kier alpha value is -1.84. The zero-order valence-corrected chi connectivity index (χ0v) is 13.7. The number of aryl methyl sites for hydroxylation is 1. The van der Waals surface area contributed by atoms with Crippen molar-refractivity contribution >= 4 is 33.4 Å². The highest BCUT2D eigenvalue weighted by molar-refractivity contribution is 8.00. The lowest BCUT2D eigenvalue weighted by Crippen LogP contribution is -2.22. The molecular formula is C13H16N4O3S2. The van der Waals surface area contributed by atoms with E-state index in [0.29, 0.717) is 5.69 Å². The molecule has 0 fully saturated rings. The van der Waals surface area contributed by atoms with Gasteiger partial charge in [0.1, 0.15) is 0 Å². The molecule has 2 aromatic rings. The van der Waals surface area contributed by atoms with Gasteiger partial charge in [0.05, 0.1) is 10.1 Å². The molecule has 1 amide bonds. The maximum absolute atomic E-state index is 12.1. The summed E-state index contributed by atoms with van der Waals surface area (Å²) in [7, 11) is -1.88. The molecule has 0 aliphatic rings. The Labute approximate surface area is 133 Å². The van der Waals surface area contributed by atoms with E-state index in [1.807, 2.05) is 11.6 Å². The number of hydrogen-bond acceptors (Lipinski definition) is 5. The molecule has 2 rings (SSSR count). The first kappa shape index (κ1) is 16.5. The fraction of sp³-hybridized carbons (Fsp3) is 0.231. The number of thioether (sulfide) groups is 1. The van der Waals surface area contributed by atoms with Crippen LogP contribution in [0.25, 0.3) is 0 Å². The van der Waals surface area contributed by atoms with Gasteiger partial charge in [-0.25, -0.2) is 18.5 Å². The summed E-state index contributed by atoms with van der Waals surface area (Å²) in [6.45, 7) is 1.77. The van der Waals surface area contributed by atoms with E-state index in [1.165, 1.54) is 36.0 Å². The molecule has 7 nitrogen and oxygen atoms in total. The molecule has 0 bridgehead atoms. The number of sulfonamides is 1. The molecule has 0 radical (unpaired) electrons. The van der Waals surface area contributed by atoms with Crippen molar-refractivity contribution in [2.75, 3.05) is 5.32 Å². The molecule has 0 aliphatic heterocycles. The summed E-state index contributed by atoms with van der Waals surface area (Å²) in [6, 6.07) is 5.69. The summed E-state index contributed by atoms with van der Waals surface area (Å²) in [5, 5.41) is 8.13. The fourth-order valence-corrected chi connectivity index (χ4v) is 3.00. The largest absolute Gasteiger partial charge is 0.329 e. The quantitative estimate of drug-likeness (QED) is 0.795. The second kappa shape index (κ2) is 6.51. The van der Waals surface area contributed by atoms with Gasteiger partial charge in [0.25, 0.3) is 0 Å². The first-order valence-electron chi connectivity index (χ1n) is 6.35. The maximum atomic E-state index is 12.1. The van der Waals surface area contributed by atoms with E-state index in [-0.39, 0.29) is 16.1 Å². The van der Waals surface area contributed by atoms with Crippen LogP contribution in [0.4, 0.5) is 5.69 Å². The number of amides is 1. The van der Waals surface area contributed by atoms with Crippen molar-refractivity contribution in [3.63, 3.8) is 0 Å². The van der Waals surface area contributed by atoms with E-state index >= 15 is 0 Å². The van der Waals surface area contributed by atoms with Crippen LogP contribution in [0.3, 0.4) is 0 Å². The number of primary sulfonamides is 1. The number of aromatic nitrogens is 2. The van der Waals surface area contributed by atoms with Crippen LogP contribution < -0.4 is 10.5 Å². The summed E-state index contributed by atoms with van der Waals surface area (Å²) in [6.07, 6.45) is 3.47. The number of anilines is 1. The van der Waals surface area contributed by atoms with Gasteiger partial charge >= 0.3 is 0 Å². The highest BCUT2D eigenvalue weighted by Crippen LogP contribution is 2.22. The average molecular weight is 340 g/mol. The third-order valence-electron chi connectivity index (χ3n) is 2.88. The molecule has 1 atom stereocenters. The van der Waals surface area contributed by atoms with Crippen LogP contribution in [0.2, 0.25) is 0 Å². The van der Waals surface area contributed by atoms with Gasteiger partial charge in [0, 0.05) is 25.1 Å². The lowest BCUT2D eigenvalue weighted by atomic mass is 10.3. The zero-order chi connectivity index (χ0) is 16.3. The average Bonchev–Trinajstić information content (AvgIpc) is 2.84. The second-order valence-electron chi connectivity index (χ2n) is 4.64. The molecule has 3 N–H and O–H groups in total. The number of hydrogen-bond donors (Lipinski definition) is 2. The van der Waals surface area contributed by atoms with Gasteiger partial charge in [0.2, 0.25) is 15.9 Å². The molecule has 9 heteroatoms. The van der Waals surface area contributed by atoms with Crippen molar-refractivity contribution in [1.82, 2.24) is 9.55 Å². The third kappa shape index (κ3) is 4.09. The van der Waals surface area contributed by atoms with Crippen LogP contribution >= 0.6 is 11.8 Å². The van der Waals surface area contributed by atoms with E-state index in [4.69, 9.17) is 5.14 Å². The Morgan fingerprint density at radius 1 is 1.36 bits per heavy atom. The van der Waals surface area contributed by atoms with E-state index in [2.05, 4.69) is 10.3 Å². The van der Waals surface area contributed by atoms with Gasteiger partial charge in [-0.1, -0.05) is 11.8 Å². The van der Waals surface area contributed by atoms with Crippen molar-refractivity contribution in [2.45, 2.75) is 22.2 Å². The highest BCUT2D eigenvalue weighted by atomic mass is 32.2. The molecular weight excluding hydrogens is 324 g/mol. The van der Waals surface area contributed by atoms with Crippen LogP contribution in [-0.2, 0) is 21.9 Å². The van der Waals surface area contributed by atoms with Crippen molar-refractivity contribution in [1.29, 1.82) is 0 Å². The van der Waals surface area contributed by atoms with Crippen LogP contribution in [0, 0.1) is 0 Å². The fourth-order valence-electron chi connectivity index (χ4n) is 1.65. The Morgan fingerprint density at radius 3 is 2.50 bits per heavy atom. The van der Waals surface area contributed by atoms with Crippen molar-refractivity contribution in [2.24, 2.45) is 12.2 Å². The number of carbonyl (C=O) groups excluding carboxylic acids is 1. The SMILES string of the molecule is CC(Sc1nccn1C)C(=O)Nc1ccc(S(N)(=O)=O)cc1. The lowest BCUT2D eigenvalue weighted by molar-refractivity contribution is -0.115. The van der Waals surface area contributed by atoms with E-state index in [1.54, 1.807) is 19.3 Å². The van der Waals surface area contributed by atoms with Gasteiger partial charge in [-0.3, -0.25) is 4.79 Å². The normalized spacial score (nSPS) is 12.9. The third-order valence-corrected chi connectivity index (χ3v) is 4.98. The molecule has 0 aliphatic carbocycles. The van der Waals surface area contributed by atoms with E-state index in [0.717, 1.165) is 5.16 Å². The standard InChI is InChI=1S/C13H16N4O3S2/c1-9(21-13-15-7-8-17(13)2)12(18)16-10-3-5-11(6-4-10)22(14,19)20/h3-9H,1-2H3,(H,16,18)(H2,14,19,20). The first-order chi connectivity index (χ1) is 10.3. The predicted octanol–water partition coefficient (Wildman–Crippen LogP) is 1.19. The number of nitrogens with zero attached hydrogens (tertiary/aromatic N) is 2. The monoisotopic (exact) mass is 340 g/mol. The van der Waals surface area contributed by atoms with Crippen LogP contribution in [0.5, 0.6) is 0 Å². The Kier molecular flexibility index (Phi) is 4.89. The minimum atomic E-state index is -3.73. The molecule has 1 unspecified atom stereocenters. The number of nitrogens with one attached hydrogen (secondary N) is 1. The molecule has 1 aromatic carbocycles. The molecule has 0 saturated heterocycles. The zero-order valence-electron chi connectivity index (χ0n) is 12.1. The highest BCUT2D eigenvalue weighted by Gasteiger charge is 2.17. The summed E-state index contributed by atoms with van der Waals surface area (Å²) in [4.78, 5) is 16.3. The van der Waals surface area contributed by atoms with Crippen molar-refractivity contribution < 1.29 is 13.2 Å². The lowest BCUT2D eigenvalue weighted by Gasteiger charge is -2.12. The van der Waals surface area contributed by atoms with Crippen molar-refractivity contribution in [3.8, 4) is 0 Å². The van der Waals surface area contributed by atoms with Crippen molar-refractivity contribution in [3.05, 3.63) is 36.7 Å². The smallest absolute Gasteiger partial charge is 0.238 e. The summed E-state index contributed by atoms with van der Waals surface area (Å²) >= 11 is 1.34. The summed E-state index contributed by atoms with van der Waals surface area (Å²) in [5.74, 6) is -0.198. The number of benzene rings is 1. The van der Waals surface area contributed by atoms with Gasteiger partial charge in [-0.2, -0.15) is 0 Å². The Bertz CT molecular complexity index is 769. The number of carbonyl (C=O) groups is 1. The molecule has 118 valence electrons. The predicted molar refractivity (Wildman–Crippen MR) is 85.0 cm³/mol. The molecule has 1 aromatic heterocycles. The summed E-state index contributed by atoms with van der Waals surface area (Å²) in [5.41, 5.74) is 0.504. The number of rotatable bonds is 5. The second-order valence-corrected chi connectivity index (χ2v) is 7.51. The maximum Gasteiger partial charge on any atom is 0.238 e. The number of nitrogens with two attached hydrogens (primary N) is 1. The molecule has 0 saturated carbocycles. The van der Waals surface area contributed by atoms with Gasteiger partial charge < -0.3 is 9.88 Å². The van der Waals surface area contributed by atoms with E-state index < -0.39 is 10.0 Å². The molecule has 1 heterocycles. The number of imidazole rings is 1. The Morgan fingerprint density at radius 2 is 2.00 bits per heavy atom. The van der Waals surface area contributed by atoms with Gasteiger partial charge in [0.15, 0.2) is 5.16 Å². The minimum absolute atomic E-state index is 0.000864. The first-order valence-corrected chi connectivity index (χ1v) is 8.77. The molecule has 22 heavy (non-hydrogen) atoms. The van der Waals surface area contributed by atoms with Crippen LogP contribution in [-0.4, -0.2) is 29.1 Å². The van der Waals surface area contributed by atoms with Gasteiger partial charge in [-0.05, 0) is 31.2 Å². The van der Waals surface area contributed by atoms with Crippen LogP contribution in [0.15, 0.2) is 46.7 Å². The topological polar surface area (TPSA) is 107 Å². The Balaban J connectivity index is 2.01. The molecule has 0 spiro atoms. The summed E-state index contributed by atoms with van der Waals surface area (Å²) < 4.78 is 24.2. The van der Waals surface area contributed by atoms with Gasteiger partial charge in [-0.15, -0.1) is 0 Å². The minimum Gasteiger partial charge on any atom is -0.329 e. The van der Waals surface area contributed by atoms with E-state index in [9.17, 15) is 13.2 Å². The van der Waals surface area contributed by atoms with Crippen LogP contribution in [0.1, 0.15) is 6.92 Å².